The van der Waals surface area contributed by atoms with E-state index >= 15 is 4.39 Å². The van der Waals surface area contributed by atoms with Gasteiger partial charge in [0.1, 0.15) is 11.2 Å². The molecule has 0 bridgehead atoms. The van der Waals surface area contributed by atoms with Crippen LogP contribution >= 0.6 is 0 Å². The van der Waals surface area contributed by atoms with E-state index in [1.165, 1.54) is 5.56 Å². The first-order chi connectivity index (χ1) is 16.1. The lowest BCUT2D eigenvalue weighted by Gasteiger charge is -2.30. The lowest BCUT2D eigenvalue weighted by atomic mass is 9.96. The molecule has 2 fully saturated rings. The Balaban J connectivity index is 1.47. The fraction of sp³-hybridized carbons (Fsp3) is 0.458. The lowest BCUT2D eigenvalue weighted by molar-refractivity contribution is -0.0172. The van der Waals surface area contributed by atoms with E-state index in [0.717, 1.165) is 29.9 Å². The van der Waals surface area contributed by atoms with E-state index in [1.54, 1.807) is 12.5 Å². The van der Waals surface area contributed by atoms with Crippen molar-refractivity contribution in [2.45, 2.75) is 32.0 Å². The zero-order valence-corrected chi connectivity index (χ0v) is 18.8. The molecule has 2 aliphatic rings. The van der Waals surface area contributed by atoms with Crippen molar-refractivity contribution in [2.75, 3.05) is 49.8 Å². The number of benzene rings is 1. The minimum absolute atomic E-state index is 0.207. The van der Waals surface area contributed by atoms with Gasteiger partial charge in [-0.3, -0.25) is 5.43 Å². The first kappa shape index (κ1) is 21.8. The molecule has 0 atom stereocenters. The number of alkyl halides is 1. The van der Waals surface area contributed by atoms with Gasteiger partial charge < -0.3 is 18.9 Å². The molecule has 174 valence electrons. The van der Waals surface area contributed by atoms with Crippen molar-refractivity contribution in [3.05, 3.63) is 47.8 Å². The molecule has 0 spiro atoms. The van der Waals surface area contributed by atoms with Crippen LogP contribution in [0.2, 0.25) is 0 Å². The number of hydrazone groups is 1. The number of imidazole rings is 1. The zero-order valence-electron chi connectivity index (χ0n) is 18.8. The van der Waals surface area contributed by atoms with Crippen molar-refractivity contribution in [1.82, 2.24) is 14.5 Å². The maximum atomic E-state index is 15.4. The van der Waals surface area contributed by atoms with E-state index < -0.39 is 5.67 Å². The van der Waals surface area contributed by atoms with Crippen LogP contribution in [0, 0.1) is 6.92 Å². The number of pyridine rings is 1. The predicted molar refractivity (Wildman–Crippen MR) is 127 cm³/mol. The Morgan fingerprint density at radius 1 is 1.15 bits per heavy atom. The van der Waals surface area contributed by atoms with Crippen molar-refractivity contribution in [3.63, 3.8) is 0 Å². The highest BCUT2D eigenvalue weighted by molar-refractivity contribution is 5.89. The van der Waals surface area contributed by atoms with E-state index in [4.69, 9.17) is 14.5 Å². The van der Waals surface area contributed by atoms with Crippen molar-refractivity contribution in [2.24, 2.45) is 5.10 Å². The molecule has 9 heteroatoms. The predicted octanol–water partition coefficient (Wildman–Crippen LogP) is 3.54. The standard InChI is InChI=1S/C24H29FN6O2/c1-18-3-2-4-19(13-18)15-27-29-21-14-20(30-7-11-33-12-8-30)22-23(28-21)31(17-26-22)16-24(25)5-9-32-10-6-24/h2-4,13-15,17H,5-12,16H2,1H3,(H,28,29)/b27-15+. The van der Waals surface area contributed by atoms with Crippen LogP contribution in [0.25, 0.3) is 11.2 Å². The minimum atomic E-state index is -1.32. The number of fused-ring (bicyclic) bond motifs is 1. The Bertz CT molecular complexity index is 1140. The van der Waals surface area contributed by atoms with Crippen molar-refractivity contribution in [1.29, 1.82) is 0 Å². The molecular formula is C24H29FN6O2. The maximum absolute atomic E-state index is 15.4. The summed E-state index contributed by atoms with van der Waals surface area (Å²) in [5.41, 5.74) is 6.28. The molecule has 0 aliphatic carbocycles. The van der Waals surface area contributed by atoms with Crippen LogP contribution in [0.3, 0.4) is 0 Å². The second-order valence-corrected chi connectivity index (χ2v) is 8.72. The topological polar surface area (TPSA) is 76.8 Å². The van der Waals surface area contributed by atoms with Gasteiger partial charge in [-0.05, 0) is 12.5 Å². The van der Waals surface area contributed by atoms with Crippen LogP contribution < -0.4 is 10.3 Å². The summed E-state index contributed by atoms with van der Waals surface area (Å²) in [5, 5.41) is 4.39. The average Bonchev–Trinajstić information content (AvgIpc) is 3.21. The van der Waals surface area contributed by atoms with Gasteiger partial charge in [0.25, 0.3) is 0 Å². The zero-order chi connectivity index (χ0) is 22.7. The molecule has 2 aliphatic heterocycles. The minimum Gasteiger partial charge on any atom is -0.381 e. The van der Waals surface area contributed by atoms with Gasteiger partial charge in [-0.1, -0.05) is 29.8 Å². The number of rotatable bonds is 6. The fourth-order valence-electron chi connectivity index (χ4n) is 4.36. The van der Waals surface area contributed by atoms with E-state index in [2.05, 4.69) is 26.5 Å². The Kier molecular flexibility index (Phi) is 6.24. The van der Waals surface area contributed by atoms with Gasteiger partial charge >= 0.3 is 0 Å². The van der Waals surface area contributed by atoms with Crippen LogP contribution in [0.1, 0.15) is 24.0 Å². The van der Waals surface area contributed by atoms with Crippen LogP contribution in [-0.2, 0) is 16.0 Å². The quantitative estimate of drug-likeness (QED) is 0.455. The summed E-state index contributed by atoms with van der Waals surface area (Å²) in [5.74, 6) is 0.592. The lowest BCUT2D eigenvalue weighted by Crippen LogP contribution is -2.36. The fourth-order valence-corrected chi connectivity index (χ4v) is 4.36. The number of aryl methyl sites for hydroxylation is 1. The SMILES string of the molecule is Cc1cccc(/C=N/Nc2cc(N3CCOCC3)c3ncn(CC4(F)CCOCC4)c3n2)c1. The van der Waals surface area contributed by atoms with E-state index in [1.807, 2.05) is 35.8 Å². The molecule has 3 aromatic rings. The van der Waals surface area contributed by atoms with Gasteiger partial charge in [0, 0.05) is 45.2 Å². The molecule has 8 nitrogen and oxygen atoms in total. The third-order valence-corrected chi connectivity index (χ3v) is 6.18. The molecule has 4 heterocycles. The summed E-state index contributed by atoms with van der Waals surface area (Å²) in [4.78, 5) is 11.6. The van der Waals surface area contributed by atoms with Crippen LogP contribution in [0.15, 0.2) is 41.8 Å². The van der Waals surface area contributed by atoms with Crippen molar-refractivity contribution in [3.8, 4) is 0 Å². The summed E-state index contributed by atoms with van der Waals surface area (Å²) < 4.78 is 28.1. The maximum Gasteiger partial charge on any atom is 0.164 e. The Morgan fingerprint density at radius 2 is 1.94 bits per heavy atom. The van der Waals surface area contributed by atoms with E-state index in [0.29, 0.717) is 50.7 Å². The van der Waals surface area contributed by atoms with Crippen LogP contribution in [0.4, 0.5) is 15.9 Å². The molecule has 1 N–H and O–H groups in total. The molecule has 1 aromatic carbocycles. The number of halogens is 1. The molecule has 0 saturated carbocycles. The van der Waals surface area contributed by atoms with Crippen molar-refractivity contribution >= 4 is 28.9 Å². The summed E-state index contributed by atoms with van der Waals surface area (Å²) in [7, 11) is 0. The summed E-state index contributed by atoms with van der Waals surface area (Å²) in [6.45, 7) is 5.99. The number of anilines is 2. The number of ether oxygens (including phenoxy) is 2. The van der Waals surface area contributed by atoms with Crippen LogP contribution in [0.5, 0.6) is 0 Å². The third kappa shape index (κ3) is 4.99. The molecule has 0 amide bonds. The largest absolute Gasteiger partial charge is 0.381 e. The Morgan fingerprint density at radius 3 is 2.73 bits per heavy atom. The number of hydrogen-bond acceptors (Lipinski definition) is 7. The highest BCUT2D eigenvalue weighted by Crippen LogP contribution is 2.32. The van der Waals surface area contributed by atoms with Gasteiger partial charge in [-0.25, -0.2) is 14.4 Å². The van der Waals surface area contributed by atoms with Gasteiger partial charge in [0.2, 0.25) is 0 Å². The molecule has 2 saturated heterocycles. The third-order valence-electron chi connectivity index (χ3n) is 6.18. The molecule has 5 rings (SSSR count). The van der Waals surface area contributed by atoms with Gasteiger partial charge in [-0.15, -0.1) is 0 Å². The number of aromatic nitrogens is 3. The first-order valence-corrected chi connectivity index (χ1v) is 11.4. The van der Waals surface area contributed by atoms with E-state index in [-0.39, 0.29) is 6.54 Å². The van der Waals surface area contributed by atoms with Gasteiger partial charge in [0.15, 0.2) is 11.5 Å². The van der Waals surface area contributed by atoms with Crippen molar-refractivity contribution < 1.29 is 13.9 Å². The smallest absolute Gasteiger partial charge is 0.164 e. The number of nitrogens with one attached hydrogen (secondary N) is 1. The summed E-state index contributed by atoms with van der Waals surface area (Å²) in [6.07, 6.45) is 4.21. The average molecular weight is 453 g/mol. The Hall–Kier alpha value is -3.04. The number of nitrogens with zero attached hydrogens (tertiary/aromatic N) is 5. The second kappa shape index (κ2) is 9.44. The van der Waals surface area contributed by atoms with E-state index in [9.17, 15) is 0 Å². The second-order valence-electron chi connectivity index (χ2n) is 8.72. The van der Waals surface area contributed by atoms with Crippen LogP contribution in [-0.4, -0.2) is 65.9 Å². The summed E-state index contributed by atoms with van der Waals surface area (Å²) >= 11 is 0. The first-order valence-electron chi connectivity index (χ1n) is 11.4. The normalized spacial score (nSPS) is 18.8. The highest BCUT2D eigenvalue weighted by Gasteiger charge is 2.33. The molecule has 0 radical (unpaired) electrons. The molecule has 2 aromatic heterocycles. The molecular weight excluding hydrogens is 423 g/mol. The van der Waals surface area contributed by atoms with Gasteiger partial charge in [-0.2, -0.15) is 5.10 Å². The molecule has 0 unspecified atom stereocenters. The number of hydrogen-bond donors (Lipinski definition) is 1. The van der Waals surface area contributed by atoms with Gasteiger partial charge in [0.05, 0.1) is 38.0 Å². The Labute approximate surface area is 192 Å². The highest BCUT2D eigenvalue weighted by atomic mass is 19.1. The monoisotopic (exact) mass is 452 g/mol. The summed E-state index contributed by atoms with van der Waals surface area (Å²) in [6, 6.07) is 10.1. The number of morpholine rings is 1. The molecule has 33 heavy (non-hydrogen) atoms.